The van der Waals surface area contributed by atoms with Crippen LogP contribution in [0, 0.1) is 0 Å². The summed E-state index contributed by atoms with van der Waals surface area (Å²) >= 11 is 0. The Kier molecular flexibility index (Phi) is 5.54. The molecule has 2 saturated heterocycles. The molecule has 188 valence electrons. The van der Waals surface area contributed by atoms with Gasteiger partial charge in [-0.15, -0.1) is 0 Å². The number of imide groups is 1. The second-order valence-corrected chi connectivity index (χ2v) is 10.0. The van der Waals surface area contributed by atoms with Crippen molar-refractivity contribution in [1.82, 2.24) is 34.6 Å². The number of carbonyl (C=O) groups excluding carboxylic acids is 3. The Labute approximate surface area is 201 Å². The number of aromatic nitrogens is 4. The fourth-order valence-electron chi connectivity index (χ4n) is 5.74. The van der Waals surface area contributed by atoms with E-state index >= 15 is 0 Å². The van der Waals surface area contributed by atoms with Crippen molar-refractivity contribution in [3.63, 3.8) is 0 Å². The molecule has 6 N–H and O–H groups in total. The number of hydrogen-bond donors (Lipinski definition) is 4. The van der Waals surface area contributed by atoms with E-state index in [1.807, 2.05) is 0 Å². The van der Waals surface area contributed by atoms with Crippen LogP contribution in [0.2, 0.25) is 0 Å². The van der Waals surface area contributed by atoms with Gasteiger partial charge in [-0.1, -0.05) is 12.8 Å². The summed E-state index contributed by atoms with van der Waals surface area (Å²) in [4.78, 5) is 53.3. The molecule has 3 aliphatic rings. The van der Waals surface area contributed by atoms with E-state index in [1.165, 1.54) is 4.90 Å². The Balaban J connectivity index is 1.20. The Morgan fingerprint density at radius 1 is 1.26 bits per heavy atom. The molecule has 5 rings (SSSR count). The zero-order valence-electron chi connectivity index (χ0n) is 19.7. The molecule has 2 aliphatic heterocycles. The Morgan fingerprint density at radius 2 is 2.00 bits per heavy atom. The highest BCUT2D eigenvalue weighted by molar-refractivity contribution is 6.07. The average Bonchev–Trinajstić information content (AvgIpc) is 3.48. The first kappa shape index (κ1) is 23.3. The topological polar surface area (TPSA) is 186 Å². The van der Waals surface area contributed by atoms with Crippen molar-refractivity contribution in [3.8, 4) is 0 Å². The summed E-state index contributed by atoms with van der Waals surface area (Å²) in [6.07, 6.45) is 5.79. The number of nitrogen functional groups attached to an aromatic ring is 2. The highest BCUT2D eigenvalue weighted by Crippen LogP contribution is 2.36. The van der Waals surface area contributed by atoms with Crippen LogP contribution in [0.1, 0.15) is 57.9 Å². The lowest BCUT2D eigenvalue weighted by molar-refractivity contribution is -0.141. The molecule has 3 fully saturated rings. The molecule has 1 aliphatic carbocycles. The second kappa shape index (κ2) is 8.33. The van der Waals surface area contributed by atoms with Gasteiger partial charge in [0.15, 0.2) is 11.5 Å². The lowest BCUT2D eigenvalue weighted by atomic mass is 9.88. The van der Waals surface area contributed by atoms with Gasteiger partial charge < -0.3 is 31.4 Å². The first-order valence-corrected chi connectivity index (χ1v) is 12.0. The average molecular weight is 486 g/mol. The molecule has 0 unspecified atom stereocenters. The quantitative estimate of drug-likeness (QED) is 0.428. The van der Waals surface area contributed by atoms with Crippen LogP contribution in [0.4, 0.5) is 16.6 Å². The Morgan fingerprint density at radius 3 is 2.71 bits per heavy atom. The van der Waals surface area contributed by atoms with Gasteiger partial charge in [-0.05, 0) is 32.6 Å². The molecular formula is C22H31N9O4. The van der Waals surface area contributed by atoms with Gasteiger partial charge in [0, 0.05) is 19.5 Å². The molecule has 35 heavy (non-hydrogen) atoms. The summed E-state index contributed by atoms with van der Waals surface area (Å²) in [5.74, 6) is -0.109. The number of piperidine rings is 1. The normalized spacial score (nSPS) is 26.2. The van der Waals surface area contributed by atoms with Crippen molar-refractivity contribution in [2.45, 2.75) is 69.1 Å². The minimum Gasteiger partial charge on any atom is -0.386 e. The van der Waals surface area contributed by atoms with E-state index in [1.54, 1.807) is 22.7 Å². The predicted molar refractivity (Wildman–Crippen MR) is 126 cm³/mol. The van der Waals surface area contributed by atoms with Crippen molar-refractivity contribution in [1.29, 1.82) is 0 Å². The van der Waals surface area contributed by atoms with Gasteiger partial charge in [0.05, 0.1) is 18.9 Å². The monoisotopic (exact) mass is 485 g/mol. The molecule has 4 amide bonds. The van der Waals surface area contributed by atoms with E-state index in [2.05, 4.69) is 20.3 Å². The number of rotatable bonds is 5. The van der Waals surface area contributed by atoms with Crippen LogP contribution in [0.5, 0.6) is 0 Å². The van der Waals surface area contributed by atoms with Crippen LogP contribution in [-0.4, -0.2) is 83.0 Å². The Hall–Kier alpha value is -3.48. The third kappa shape index (κ3) is 3.93. The molecule has 13 nitrogen and oxygen atoms in total. The third-order valence-corrected chi connectivity index (χ3v) is 7.53. The number of nitrogens with two attached hydrogens (primary N) is 2. The molecule has 0 radical (unpaired) electrons. The molecular weight excluding hydrogens is 454 g/mol. The van der Waals surface area contributed by atoms with Crippen molar-refractivity contribution in [2.75, 3.05) is 31.1 Å². The third-order valence-electron chi connectivity index (χ3n) is 7.53. The zero-order valence-corrected chi connectivity index (χ0v) is 19.7. The minimum atomic E-state index is -1.25. The molecule has 2 aromatic heterocycles. The molecule has 0 aromatic carbocycles. The standard InChI is InChI=1S/C22H31N9O4/c1-21(35)11-29(10-6-13(21)31-12-25-15-16(23)26-19(24)27-17(15)31)14(32)5-4-9-30-18(33)22(28-20(30)34)7-2-3-8-22/h12-13,35H,2-11H2,1H3,(H,28,34)(H4,23,24,26,27)/t13-,21-/m1/s1. The van der Waals surface area contributed by atoms with Crippen LogP contribution in [0.15, 0.2) is 6.33 Å². The van der Waals surface area contributed by atoms with E-state index in [0.717, 1.165) is 12.8 Å². The summed E-state index contributed by atoms with van der Waals surface area (Å²) in [6, 6.07) is -0.760. The van der Waals surface area contributed by atoms with Gasteiger partial charge in [-0.25, -0.2) is 9.78 Å². The van der Waals surface area contributed by atoms with Gasteiger partial charge in [0.2, 0.25) is 11.9 Å². The number of amides is 4. The zero-order chi connectivity index (χ0) is 25.0. The summed E-state index contributed by atoms with van der Waals surface area (Å²) in [6.45, 7) is 2.43. The van der Waals surface area contributed by atoms with Crippen LogP contribution in [-0.2, 0) is 9.59 Å². The number of imidazole rings is 1. The number of hydrogen-bond acceptors (Lipinski definition) is 9. The predicted octanol–water partition coefficient (Wildman–Crippen LogP) is 0.160. The van der Waals surface area contributed by atoms with E-state index in [4.69, 9.17) is 11.5 Å². The number of likely N-dealkylation sites (tertiary alicyclic amines) is 1. The Bertz CT molecular complexity index is 1190. The summed E-state index contributed by atoms with van der Waals surface area (Å²) in [7, 11) is 0. The number of fused-ring (bicyclic) bond motifs is 1. The SMILES string of the molecule is C[C@@]1(O)CN(C(=O)CCCN2C(=O)NC3(CCCC3)C2=O)CC[C@H]1n1cnc2c(N)nc(N)nc21. The number of nitrogens with zero attached hydrogens (tertiary/aromatic N) is 6. The summed E-state index contributed by atoms with van der Waals surface area (Å²) < 4.78 is 1.74. The maximum Gasteiger partial charge on any atom is 0.325 e. The fourth-order valence-corrected chi connectivity index (χ4v) is 5.74. The van der Waals surface area contributed by atoms with Crippen molar-refractivity contribution >= 4 is 40.8 Å². The van der Waals surface area contributed by atoms with Gasteiger partial charge >= 0.3 is 6.03 Å². The number of carbonyl (C=O) groups is 3. The van der Waals surface area contributed by atoms with Crippen molar-refractivity contribution in [3.05, 3.63) is 6.33 Å². The highest BCUT2D eigenvalue weighted by atomic mass is 16.3. The van der Waals surface area contributed by atoms with Crippen LogP contribution < -0.4 is 16.8 Å². The molecule has 1 spiro atoms. The van der Waals surface area contributed by atoms with Crippen molar-refractivity contribution < 1.29 is 19.5 Å². The highest BCUT2D eigenvalue weighted by Gasteiger charge is 2.52. The number of anilines is 2. The number of nitrogens with one attached hydrogen (secondary N) is 1. The van der Waals surface area contributed by atoms with Crippen LogP contribution >= 0.6 is 0 Å². The van der Waals surface area contributed by atoms with E-state index < -0.39 is 17.2 Å². The van der Waals surface area contributed by atoms with Gasteiger partial charge in [0.1, 0.15) is 16.7 Å². The number of β-amino-alcohol motifs (C(OH)–C–C–N with tert-alkyl or cyclic N) is 1. The van der Waals surface area contributed by atoms with E-state index in [9.17, 15) is 19.5 Å². The molecule has 1 saturated carbocycles. The van der Waals surface area contributed by atoms with Crippen LogP contribution in [0.25, 0.3) is 11.2 Å². The lowest BCUT2D eigenvalue weighted by Gasteiger charge is -2.43. The first-order valence-electron chi connectivity index (χ1n) is 12.0. The molecule has 13 heteroatoms. The van der Waals surface area contributed by atoms with Gasteiger partial charge in [0.25, 0.3) is 5.91 Å². The fraction of sp³-hybridized carbons (Fsp3) is 0.636. The van der Waals surface area contributed by atoms with E-state index in [-0.39, 0.29) is 49.1 Å². The second-order valence-electron chi connectivity index (χ2n) is 10.0. The van der Waals surface area contributed by atoms with Gasteiger partial charge in [-0.2, -0.15) is 9.97 Å². The molecule has 2 atom stereocenters. The minimum absolute atomic E-state index is 0.0213. The maximum atomic E-state index is 12.9. The summed E-state index contributed by atoms with van der Waals surface area (Å²) in [5, 5.41) is 14.1. The van der Waals surface area contributed by atoms with Gasteiger partial charge in [-0.3, -0.25) is 14.5 Å². The first-order chi connectivity index (χ1) is 16.6. The molecule has 2 aromatic rings. The molecule has 0 bridgehead atoms. The largest absolute Gasteiger partial charge is 0.386 e. The maximum absolute atomic E-state index is 12.9. The van der Waals surface area contributed by atoms with Crippen molar-refractivity contribution in [2.24, 2.45) is 0 Å². The number of aliphatic hydroxyl groups is 1. The smallest absolute Gasteiger partial charge is 0.325 e. The van der Waals surface area contributed by atoms with Crippen LogP contribution in [0.3, 0.4) is 0 Å². The van der Waals surface area contributed by atoms with E-state index in [0.29, 0.717) is 43.4 Å². The summed E-state index contributed by atoms with van der Waals surface area (Å²) in [5.41, 5.74) is 10.5. The number of urea groups is 1. The lowest BCUT2D eigenvalue weighted by Crippen LogP contribution is -2.54. The molecule has 4 heterocycles.